The lowest BCUT2D eigenvalue weighted by Crippen LogP contribution is -2.40. The average Bonchev–Trinajstić information content (AvgIpc) is 2.64. The molecule has 2 aromatic rings. The minimum atomic E-state index is -0.149. The average molecular weight is 366 g/mol. The Morgan fingerprint density at radius 3 is 2.54 bits per heavy atom. The van der Waals surface area contributed by atoms with Gasteiger partial charge in [0.05, 0.1) is 5.69 Å². The highest BCUT2D eigenvalue weighted by molar-refractivity contribution is 6.31. The van der Waals surface area contributed by atoms with Crippen molar-refractivity contribution in [3.8, 4) is 0 Å². The Hall–Kier alpha value is -2.39. The van der Waals surface area contributed by atoms with Crippen molar-refractivity contribution in [1.29, 1.82) is 0 Å². The summed E-state index contributed by atoms with van der Waals surface area (Å²) in [5.74, 6) is 0.0340. The number of benzene rings is 2. The summed E-state index contributed by atoms with van der Waals surface area (Å²) in [6.45, 7) is 1.93. The first-order valence-electron chi connectivity index (χ1n) is 8.96. The van der Waals surface area contributed by atoms with Crippen LogP contribution in [0.2, 0.25) is 5.02 Å². The molecule has 2 aliphatic rings. The molecule has 4 rings (SSSR count). The molecule has 0 saturated carbocycles. The van der Waals surface area contributed by atoms with Gasteiger partial charge in [-0.3, -0.25) is 14.5 Å². The number of hydrogen-bond donors (Lipinski definition) is 0. The van der Waals surface area contributed by atoms with Crippen molar-refractivity contribution >= 4 is 29.0 Å². The number of rotatable bonds is 2. The highest BCUT2D eigenvalue weighted by Crippen LogP contribution is 2.43. The van der Waals surface area contributed by atoms with Crippen molar-refractivity contribution in [1.82, 2.24) is 0 Å². The van der Waals surface area contributed by atoms with E-state index < -0.39 is 0 Å². The highest BCUT2D eigenvalue weighted by Gasteiger charge is 2.39. The smallest absolute Gasteiger partial charge is 0.232 e. The number of carbonyl (C=O) groups is 2. The molecule has 0 bridgehead atoms. The van der Waals surface area contributed by atoms with Crippen LogP contribution in [0, 0.1) is 6.92 Å². The summed E-state index contributed by atoms with van der Waals surface area (Å²) in [5.41, 5.74) is 4.41. The maximum atomic E-state index is 13.1. The lowest BCUT2D eigenvalue weighted by atomic mass is 9.77. The summed E-state index contributed by atoms with van der Waals surface area (Å²) in [6.07, 6.45) is 2.38. The van der Waals surface area contributed by atoms with E-state index in [0.29, 0.717) is 17.9 Å². The fourth-order valence-corrected chi connectivity index (χ4v) is 4.16. The summed E-state index contributed by atoms with van der Waals surface area (Å²) in [5, 5.41) is 0.629. The summed E-state index contributed by atoms with van der Waals surface area (Å²) in [4.78, 5) is 27.6. The van der Waals surface area contributed by atoms with Gasteiger partial charge in [-0.1, -0.05) is 48.0 Å². The van der Waals surface area contributed by atoms with Gasteiger partial charge < -0.3 is 0 Å². The summed E-state index contributed by atoms with van der Waals surface area (Å²) in [7, 11) is 0. The van der Waals surface area contributed by atoms with Gasteiger partial charge in [0.2, 0.25) is 5.91 Å². The molecule has 1 unspecified atom stereocenters. The van der Waals surface area contributed by atoms with Crippen LogP contribution in [0.25, 0.3) is 0 Å². The molecule has 1 amide bonds. The third-order valence-electron chi connectivity index (χ3n) is 5.29. The lowest BCUT2D eigenvalue weighted by molar-refractivity contribution is -0.119. The van der Waals surface area contributed by atoms with Gasteiger partial charge in [0.25, 0.3) is 0 Å². The fraction of sp³-hybridized carbons (Fsp3) is 0.273. The minimum Gasteiger partial charge on any atom is -0.294 e. The molecule has 1 aliphatic heterocycles. The van der Waals surface area contributed by atoms with Gasteiger partial charge in [-0.25, -0.2) is 0 Å². The van der Waals surface area contributed by atoms with Gasteiger partial charge in [0.1, 0.15) is 0 Å². The number of allylic oxidation sites excluding steroid dienone is 2. The van der Waals surface area contributed by atoms with Crippen molar-refractivity contribution < 1.29 is 9.59 Å². The zero-order valence-electron chi connectivity index (χ0n) is 14.7. The Morgan fingerprint density at radius 2 is 1.81 bits per heavy atom. The molecular formula is C22H20ClNO2. The van der Waals surface area contributed by atoms with Gasteiger partial charge in [0, 0.05) is 35.1 Å². The molecule has 0 radical (unpaired) electrons. The predicted molar refractivity (Wildman–Crippen MR) is 103 cm³/mol. The SMILES string of the molecule is Cc1ccc(N2C(=O)CC(c3ccccc3)C3=C2CCCC3=O)cc1Cl. The summed E-state index contributed by atoms with van der Waals surface area (Å²) in [6, 6.07) is 15.5. The zero-order chi connectivity index (χ0) is 18.3. The van der Waals surface area contributed by atoms with E-state index in [0.717, 1.165) is 40.9 Å². The quantitative estimate of drug-likeness (QED) is 0.735. The number of amides is 1. The molecule has 132 valence electrons. The lowest BCUT2D eigenvalue weighted by Gasteiger charge is -2.38. The largest absolute Gasteiger partial charge is 0.294 e. The van der Waals surface area contributed by atoms with Gasteiger partial charge in [0.15, 0.2) is 5.78 Å². The zero-order valence-corrected chi connectivity index (χ0v) is 15.4. The van der Waals surface area contributed by atoms with Crippen molar-refractivity contribution in [3.05, 3.63) is 76.0 Å². The maximum Gasteiger partial charge on any atom is 0.232 e. The second-order valence-electron chi connectivity index (χ2n) is 6.97. The molecular weight excluding hydrogens is 346 g/mol. The topological polar surface area (TPSA) is 37.4 Å². The number of halogens is 1. The van der Waals surface area contributed by atoms with Crippen molar-refractivity contribution in [3.63, 3.8) is 0 Å². The van der Waals surface area contributed by atoms with Crippen LogP contribution in [0.5, 0.6) is 0 Å². The molecule has 1 heterocycles. The molecule has 2 aromatic carbocycles. The van der Waals surface area contributed by atoms with E-state index in [4.69, 9.17) is 11.6 Å². The number of Topliss-reactive ketones (excluding diaryl/α,β-unsaturated/α-hetero) is 1. The Bertz CT molecular complexity index is 917. The van der Waals surface area contributed by atoms with Crippen LogP contribution in [0.3, 0.4) is 0 Å². The molecule has 26 heavy (non-hydrogen) atoms. The highest BCUT2D eigenvalue weighted by atomic mass is 35.5. The van der Waals surface area contributed by atoms with Crippen LogP contribution >= 0.6 is 11.6 Å². The normalized spacial score (nSPS) is 20.4. The third kappa shape index (κ3) is 2.86. The molecule has 4 heteroatoms. The Labute approximate surface area is 158 Å². The molecule has 1 atom stereocenters. The van der Waals surface area contributed by atoms with Crippen LogP contribution in [-0.2, 0) is 9.59 Å². The Kier molecular flexibility index (Phi) is 4.41. The van der Waals surface area contributed by atoms with E-state index in [1.807, 2.05) is 55.5 Å². The van der Waals surface area contributed by atoms with Crippen LogP contribution < -0.4 is 4.90 Å². The van der Waals surface area contributed by atoms with E-state index in [1.165, 1.54) is 0 Å². The minimum absolute atomic E-state index is 0.0206. The summed E-state index contributed by atoms with van der Waals surface area (Å²) >= 11 is 6.29. The molecule has 1 aliphatic carbocycles. The van der Waals surface area contributed by atoms with E-state index in [1.54, 1.807) is 4.90 Å². The Morgan fingerprint density at radius 1 is 1.04 bits per heavy atom. The van der Waals surface area contributed by atoms with Gasteiger partial charge in [-0.2, -0.15) is 0 Å². The van der Waals surface area contributed by atoms with E-state index in [-0.39, 0.29) is 17.6 Å². The summed E-state index contributed by atoms with van der Waals surface area (Å²) < 4.78 is 0. The number of aryl methyl sites for hydroxylation is 1. The van der Waals surface area contributed by atoms with Gasteiger partial charge >= 0.3 is 0 Å². The maximum absolute atomic E-state index is 13.1. The predicted octanol–water partition coefficient (Wildman–Crippen LogP) is 5.18. The first kappa shape index (κ1) is 17.0. The van der Waals surface area contributed by atoms with Gasteiger partial charge in [-0.15, -0.1) is 0 Å². The first-order chi connectivity index (χ1) is 12.6. The number of hydrogen-bond acceptors (Lipinski definition) is 2. The monoisotopic (exact) mass is 365 g/mol. The standard InChI is InChI=1S/C22H20ClNO2/c1-14-10-11-16(12-18(14)23)24-19-8-5-9-20(25)22(19)17(13-21(24)26)15-6-3-2-4-7-15/h2-4,6-7,10-12,17H,5,8-9,13H2,1H3. The molecule has 3 nitrogen and oxygen atoms in total. The number of nitrogens with zero attached hydrogens (tertiary/aromatic N) is 1. The molecule has 0 N–H and O–H groups in total. The van der Waals surface area contributed by atoms with E-state index in [2.05, 4.69) is 0 Å². The second kappa shape index (κ2) is 6.73. The molecule has 0 saturated heterocycles. The molecule has 0 aromatic heterocycles. The first-order valence-corrected chi connectivity index (χ1v) is 9.34. The van der Waals surface area contributed by atoms with E-state index >= 15 is 0 Å². The van der Waals surface area contributed by atoms with Gasteiger partial charge in [-0.05, 0) is 43.0 Å². The van der Waals surface area contributed by atoms with Crippen LogP contribution in [0.1, 0.15) is 42.7 Å². The van der Waals surface area contributed by atoms with Crippen molar-refractivity contribution in [2.24, 2.45) is 0 Å². The van der Waals surface area contributed by atoms with E-state index in [9.17, 15) is 9.59 Å². The van der Waals surface area contributed by atoms with Crippen LogP contribution in [0.15, 0.2) is 59.8 Å². The number of ketones is 1. The van der Waals surface area contributed by atoms with Crippen molar-refractivity contribution in [2.45, 2.75) is 38.5 Å². The van der Waals surface area contributed by atoms with Crippen LogP contribution in [0.4, 0.5) is 5.69 Å². The molecule has 0 spiro atoms. The molecule has 0 fully saturated rings. The van der Waals surface area contributed by atoms with Crippen LogP contribution in [-0.4, -0.2) is 11.7 Å². The third-order valence-corrected chi connectivity index (χ3v) is 5.70. The number of carbonyl (C=O) groups excluding carboxylic acids is 2. The second-order valence-corrected chi connectivity index (χ2v) is 7.37. The number of anilines is 1. The fourth-order valence-electron chi connectivity index (χ4n) is 3.98. The Balaban J connectivity index is 1.86. The van der Waals surface area contributed by atoms with Crippen molar-refractivity contribution in [2.75, 3.05) is 4.90 Å².